The highest BCUT2D eigenvalue weighted by Gasteiger charge is 2.29. The molecular weight excluding hydrogens is 294 g/mol. The second kappa shape index (κ2) is 7.04. The van der Waals surface area contributed by atoms with Crippen LogP contribution in [0.3, 0.4) is 0 Å². The Labute approximate surface area is 144 Å². The number of hydrogen-bond acceptors (Lipinski definition) is 2. The molecule has 2 nitrogen and oxygen atoms in total. The van der Waals surface area contributed by atoms with Crippen molar-refractivity contribution in [3.05, 3.63) is 71.3 Å². The molecular formula is C22H25NO. The summed E-state index contributed by atoms with van der Waals surface area (Å²) in [5.41, 5.74) is 4.80. The first-order valence-electron chi connectivity index (χ1n) is 8.65. The monoisotopic (exact) mass is 319 g/mol. The number of aliphatic imine (C=N–C) groups is 1. The molecule has 0 N–H and O–H groups in total. The molecule has 0 unspecified atom stereocenters. The Kier molecular flexibility index (Phi) is 4.84. The molecule has 24 heavy (non-hydrogen) atoms. The van der Waals surface area contributed by atoms with Gasteiger partial charge in [-0.05, 0) is 41.8 Å². The molecule has 124 valence electrons. The molecule has 2 heteroatoms. The number of hydrogen-bond donors (Lipinski definition) is 0. The van der Waals surface area contributed by atoms with Gasteiger partial charge in [-0.1, -0.05) is 57.2 Å². The standard InChI is InChI=1S/C22H25NO/c1-4-14-24-18-11-12-19-20(15-18)22(2,3)16-23-21(19)13-10-17-8-6-5-7-9-17/h5-13,15H,4,14,16H2,1-3H3. The van der Waals surface area contributed by atoms with Gasteiger partial charge < -0.3 is 4.74 Å². The summed E-state index contributed by atoms with van der Waals surface area (Å²) in [5, 5.41) is 0. The second-order valence-corrected chi connectivity index (χ2v) is 6.89. The first-order chi connectivity index (χ1) is 11.6. The van der Waals surface area contributed by atoms with E-state index < -0.39 is 0 Å². The molecule has 0 radical (unpaired) electrons. The average Bonchev–Trinajstić information content (AvgIpc) is 2.60. The molecule has 0 bridgehead atoms. The topological polar surface area (TPSA) is 21.6 Å². The average molecular weight is 319 g/mol. The Bertz CT molecular complexity index is 757. The molecule has 0 saturated carbocycles. The highest BCUT2D eigenvalue weighted by Crippen LogP contribution is 2.34. The van der Waals surface area contributed by atoms with Crippen LogP contribution < -0.4 is 4.74 Å². The maximum atomic E-state index is 5.82. The number of nitrogens with zero attached hydrogens (tertiary/aromatic N) is 1. The first kappa shape index (κ1) is 16.5. The highest BCUT2D eigenvalue weighted by atomic mass is 16.5. The van der Waals surface area contributed by atoms with Gasteiger partial charge in [-0.25, -0.2) is 0 Å². The summed E-state index contributed by atoms with van der Waals surface area (Å²) >= 11 is 0. The van der Waals surface area contributed by atoms with Gasteiger partial charge in [0.1, 0.15) is 5.75 Å². The Morgan fingerprint density at radius 2 is 1.88 bits per heavy atom. The molecule has 0 aliphatic carbocycles. The van der Waals surface area contributed by atoms with E-state index in [1.807, 2.05) is 6.07 Å². The maximum absolute atomic E-state index is 5.82. The molecule has 0 fully saturated rings. The SMILES string of the molecule is CCCOc1ccc2c(c1)C(C)(C)CN=C2C=Cc1ccccc1. The third-order valence-corrected chi connectivity index (χ3v) is 4.35. The lowest BCUT2D eigenvalue weighted by Crippen LogP contribution is -2.29. The van der Waals surface area contributed by atoms with Crippen LogP contribution in [0.25, 0.3) is 6.08 Å². The molecule has 1 aliphatic heterocycles. The van der Waals surface area contributed by atoms with E-state index in [1.54, 1.807) is 0 Å². The zero-order chi connectivity index (χ0) is 17.0. The Morgan fingerprint density at radius 1 is 1.08 bits per heavy atom. The Morgan fingerprint density at radius 3 is 2.62 bits per heavy atom. The van der Waals surface area contributed by atoms with E-state index in [9.17, 15) is 0 Å². The van der Waals surface area contributed by atoms with Crippen LogP contribution in [-0.2, 0) is 5.41 Å². The lowest BCUT2D eigenvalue weighted by Gasteiger charge is -2.31. The van der Waals surface area contributed by atoms with Gasteiger partial charge in [0.2, 0.25) is 0 Å². The smallest absolute Gasteiger partial charge is 0.119 e. The normalized spacial score (nSPS) is 15.9. The van der Waals surface area contributed by atoms with Gasteiger partial charge in [0.25, 0.3) is 0 Å². The van der Waals surface area contributed by atoms with E-state index in [0.717, 1.165) is 31.0 Å². The van der Waals surface area contributed by atoms with Gasteiger partial charge >= 0.3 is 0 Å². The van der Waals surface area contributed by atoms with E-state index >= 15 is 0 Å². The molecule has 0 aromatic heterocycles. The van der Waals surface area contributed by atoms with Gasteiger partial charge in [-0.3, -0.25) is 4.99 Å². The minimum atomic E-state index is 0.0327. The van der Waals surface area contributed by atoms with Crippen LogP contribution >= 0.6 is 0 Å². The van der Waals surface area contributed by atoms with Crippen molar-refractivity contribution in [3.63, 3.8) is 0 Å². The molecule has 0 saturated heterocycles. The molecule has 0 amide bonds. The minimum Gasteiger partial charge on any atom is -0.494 e. The predicted molar refractivity (Wildman–Crippen MR) is 102 cm³/mol. The first-order valence-corrected chi connectivity index (χ1v) is 8.65. The summed E-state index contributed by atoms with van der Waals surface area (Å²) in [6.45, 7) is 8.18. The van der Waals surface area contributed by atoms with Gasteiger partial charge in [0.05, 0.1) is 12.3 Å². The van der Waals surface area contributed by atoms with Crippen molar-refractivity contribution in [2.75, 3.05) is 13.2 Å². The Hall–Kier alpha value is -2.35. The van der Waals surface area contributed by atoms with E-state index in [4.69, 9.17) is 9.73 Å². The molecule has 0 atom stereocenters. The fourth-order valence-corrected chi connectivity index (χ4v) is 2.95. The van der Waals surface area contributed by atoms with Gasteiger partial charge in [0, 0.05) is 17.5 Å². The van der Waals surface area contributed by atoms with Crippen molar-refractivity contribution in [2.24, 2.45) is 4.99 Å². The minimum absolute atomic E-state index is 0.0327. The van der Waals surface area contributed by atoms with E-state index in [0.29, 0.717) is 0 Å². The second-order valence-electron chi connectivity index (χ2n) is 6.89. The van der Waals surface area contributed by atoms with Crippen molar-refractivity contribution in [2.45, 2.75) is 32.6 Å². The third-order valence-electron chi connectivity index (χ3n) is 4.35. The fourth-order valence-electron chi connectivity index (χ4n) is 2.95. The van der Waals surface area contributed by atoms with E-state index in [1.165, 1.54) is 16.7 Å². The summed E-state index contributed by atoms with van der Waals surface area (Å²) in [7, 11) is 0. The largest absolute Gasteiger partial charge is 0.494 e. The van der Waals surface area contributed by atoms with Gasteiger partial charge in [-0.15, -0.1) is 0 Å². The maximum Gasteiger partial charge on any atom is 0.119 e. The number of benzene rings is 2. The summed E-state index contributed by atoms with van der Waals surface area (Å²) in [6.07, 6.45) is 5.27. The quantitative estimate of drug-likeness (QED) is 0.736. The summed E-state index contributed by atoms with van der Waals surface area (Å²) in [5.74, 6) is 0.956. The Balaban J connectivity index is 1.92. The van der Waals surface area contributed by atoms with Gasteiger partial charge in [0.15, 0.2) is 0 Å². The van der Waals surface area contributed by atoms with E-state index in [2.05, 4.69) is 75.4 Å². The van der Waals surface area contributed by atoms with Crippen molar-refractivity contribution in [1.82, 2.24) is 0 Å². The number of allylic oxidation sites excluding steroid dienone is 1. The molecule has 1 heterocycles. The van der Waals surface area contributed by atoms with E-state index in [-0.39, 0.29) is 5.41 Å². The van der Waals surface area contributed by atoms with Crippen molar-refractivity contribution < 1.29 is 4.74 Å². The van der Waals surface area contributed by atoms with Crippen LogP contribution in [-0.4, -0.2) is 18.9 Å². The highest BCUT2D eigenvalue weighted by molar-refractivity contribution is 6.12. The number of rotatable bonds is 5. The molecule has 3 rings (SSSR count). The molecule has 0 spiro atoms. The summed E-state index contributed by atoms with van der Waals surface area (Å²) in [6, 6.07) is 16.7. The van der Waals surface area contributed by atoms with Crippen molar-refractivity contribution >= 4 is 11.8 Å². The fraction of sp³-hybridized carbons (Fsp3) is 0.318. The zero-order valence-electron chi connectivity index (χ0n) is 14.8. The predicted octanol–water partition coefficient (Wildman–Crippen LogP) is 5.27. The van der Waals surface area contributed by atoms with Crippen LogP contribution in [0.5, 0.6) is 5.75 Å². The van der Waals surface area contributed by atoms with Crippen molar-refractivity contribution in [3.8, 4) is 5.75 Å². The number of fused-ring (bicyclic) bond motifs is 1. The van der Waals surface area contributed by atoms with Crippen LogP contribution in [0, 0.1) is 0 Å². The van der Waals surface area contributed by atoms with Crippen LogP contribution in [0.1, 0.15) is 43.9 Å². The summed E-state index contributed by atoms with van der Waals surface area (Å²) < 4.78 is 5.82. The molecule has 2 aromatic carbocycles. The summed E-state index contributed by atoms with van der Waals surface area (Å²) in [4.78, 5) is 4.82. The molecule has 1 aliphatic rings. The lowest BCUT2D eigenvalue weighted by atomic mass is 9.78. The van der Waals surface area contributed by atoms with Crippen molar-refractivity contribution in [1.29, 1.82) is 0 Å². The molecule has 2 aromatic rings. The zero-order valence-corrected chi connectivity index (χ0v) is 14.8. The van der Waals surface area contributed by atoms with Crippen LogP contribution in [0.15, 0.2) is 59.6 Å². The van der Waals surface area contributed by atoms with Crippen LogP contribution in [0.2, 0.25) is 0 Å². The lowest BCUT2D eigenvalue weighted by molar-refractivity contribution is 0.316. The third kappa shape index (κ3) is 3.59. The number of ether oxygens (including phenoxy) is 1. The van der Waals surface area contributed by atoms with Crippen LogP contribution in [0.4, 0.5) is 0 Å². The van der Waals surface area contributed by atoms with Gasteiger partial charge in [-0.2, -0.15) is 0 Å².